The number of pyridine rings is 2. The molecule has 0 unspecified atom stereocenters. The van der Waals surface area contributed by atoms with Crippen molar-refractivity contribution in [1.29, 1.82) is 0 Å². The number of primary amides is 1. The molecule has 1 atom stereocenters. The van der Waals surface area contributed by atoms with Gasteiger partial charge in [0.2, 0.25) is 27.7 Å². The number of halogens is 4. The maximum Gasteiger partial charge on any atom is 0.314 e. The van der Waals surface area contributed by atoms with Gasteiger partial charge in [-0.1, -0.05) is 43.0 Å². The lowest BCUT2D eigenvalue weighted by atomic mass is 10.2. The van der Waals surface area contributed by atoms with E-state index in [1.165, 1.54) is 22.8 Å². The lowest BCUT2D eigenvalue weighted by Gasteiger charge is -2.27. The third-order valence-electron chi connectivity index (χ3n) is 9.28. The fourth-order valence-corrected chi connectivity index (χ4v) is 8.54. The van der Waals surface area contributed by atoms with E-state index in [0.29, 0.717) is 46.9 Å². The molecule has 1 fully saturated rings. The molecule has 5 heterocycles. The Morgan fingerprint density at radius 1 is 0.758 bits per heavy atom. The molecule has 0 saturated carbocycles. The predicted octanol–water partition coefficient (Wildman–Crippen LogP) is 5.90. The molecule has 0 aliphatic carbocycles. The number of nitrogens with two attached hydrogens (primary N) is 1. The van der Waals surface area contributed by atoms with Crippen LogP contribution in [0.5, 0.6) is 0 Å². The molecule has 4 aromatic heterocycles. The highest BCUT2D eigenvalue weighted by Crippen LogP contribution is 2.27. The molecule has 2 N–H and O–H groups in total. The molecule has 7 rings (SSSR count). The zero-order chi connectivity index (χ0) is 44.4. The van der Waals surface area contributed by atoms with E-state index in [2.05, 4.69) is 36.9 Å². The first-order valence-electron chi connectivity index (χ1n) is 18.6. The van der Waals surface area contributed by atoms with E-state index in [-0.39, 0.29) is 37.2 Å². The van der Waals surface area contributed by atoms with E-state index in [1.54, 1.807) is 83.8 Å². The van der Waals surface area contributed by atoms with Crippen molar-refractivity contribution in [2.75, 3.05) is 27.5 Å². The summed E-state index contributed by atoms with van der Waals surface area (Å²) in [5.74, 6) is -2.43. The van der Waals surface area contributed by atoms with Gasteiger partial charge in [-0.05, 0) is 67.9 Å². The van der Waals surface area contributed by atoms with E-state index >= 15 is 0 Å². The van der Waals surface area contributed by atoms with Gasteiger partial charge < -0.3 is 14.6 Å². The molecule has 6 aromatic rings. The zero-order valence-electron chi connectivity index (χ0n) is 32.5. The Labute approximate surface area is 353 Å². The van der Waals surface area contributed by atoms with Gasteiger partial charge in [-0.25, -0.2) is 16.8 Å². The van der Waals surface area contributed by atoms with Crippen molar-refractivity contribution < 1.29 is 48.0 Å². The summed E-state index contributed by atoms with van der Waals surface area (Å²) in [7, 11) is -7.55. The highest BCUT2D eigenvalue weighted by Gasteiger charge is 2.32. The Morgan fingerprint density at radius 2 is 1.24 bits per heavy atom. The van der Waals surface area contributed by atoms with Crippen LogP contribution in [-0.4, -0.2) is 82.9 Å². The first-order valence-corrected chi connectivity index (χ1v) is 21.7. The maximum atomic E-state index is 13.4. The van der Waals surface area contributed by atoms with Crippen LogP contribution in [0.4, 0.5) is 28.9 Å². The van der Waals surface area contributed by atoms with E-state index in [4.69, 9.17) is 14.6 Å². The summed E-state index contributed by atoms with van der Waals surface area (Å²) >= 11 is 0. The Kier molecular flexibility index (Phi) is 14.4. The number of likely N-dealkylation sites (tertiary alicyclic amines) is 1. The molecule has 2 aromatic carbocycles. The molecule has 326 valence electrons. The van der Waals surface area contributed by atoms with E-state index in [0.717, 1.165) is 16.1 Å². The number of nitrogens with zero attached hydrogens (tertiary/aromatic N) is 9. The minimum absolute atomic E-state index is 0.0369. The number of alkyl halides is 4. The summed E-state index contributed by atoms with van der Waals surface area (Å²) < 4.78 is 114. The molecule has 23 heteroatoms. The van der Waals surface area contributed by atoms with Crippen molar-refractivity contribution in [3.05, 3.63) is 132 Å². The van der Waals surface area contributed by atoms with Crippen molar-refractivity contribution in [1.82, 2.24) is 35.3 Å². The van der Waals surface area contributed by atoms with Crippen LogP contribution >= 0.6 is 0 Å². The molecule has 1 aliphatic rings. The second-order valence-electron chi connectivity index (χ2n) is 13.4. The number of para-hydroxylation sites is 2. The van der Waals surface area contributed by atoms with Crippen molar-refractivity contribution in [2.24, 2.45) is 5.73 Å². The van der Waals surface area contributed by atoms with E-state index < -0.39 is 56.6 Å². The molecule has 1 aliphatic heterocycles. The summed E-state index contributed by atoms with van der Waals surface area (Å²) in [6.45, 7) is 4.04. The minimum Gasteiger partial charge on any atom is -0.415 e. The third kappa shape index (κ3) is 11.2. The predicted molar refractivity (Wildman–Crippen MR) is 217 cm³/mol. The summed E-state index contributed by atoms with van der Waals surface area (Å²) in [5.41, 5.74) is 7.90. The number of anilines is 2. The molecule has 0 spiro atoms. The Hall–Kier alpha value is -6.59. The average Bonchev–Trinajstić information content (AvgIpc) is 4.08. The lowest BCUT2D eigenvalue weighted by molar-refractivity contribution is -0.122. The first-order chi connectivity index (χ1) is 29.6. The molecule has 62 heavy (non-hydrogen) atoms. The molecule has 0 radical (unpaired) electrons. The van der Waals surface area contributed by atoms with Gasteiger partial charge in [0.15, 0.2) is 0 Å². The summed E-state index contributed by atoms with van der Waals surface area (Å²) in [5, 5.41) is 14.5. The lowest BCUT2D eigenvalue weighted by Crippen LogP contribution is -2.44. The average molecular weight is 899 g/mol. The van der Waals surface area contributed by atoms with Crippen LogP contribution in [0.1, 0.15) is 48.9 Å². The van der Waals surface area contributed by atoms with Crippen molar-refractivity contribution in [3.63, 3.8) is 0 Å². The zero-order valence-corrected chi connectivity index (χ0v) is 34.1. The molecule has 0 bridgehead atoms. The van der Waals surface area contributed by atoms with E-state index in [1.807, 2.05) is 0 Å². The molecule has 17 nitrogen and oxygen atoms in total. The van der Waals surface area contributed by atoms with Crippen LogP contribution in [-0.2, 0) is 37.9 Å². The molecule has 1 amide bonds. The number of hydrogen-bond donors (Lipinski definition) is 1. The summed E-state index contributed by atoms with van der Waals surface area (Å²) in [6.07, 6.45) is -1.64. The fourth-order valence-electron chi connectivity index (χ4n) is 6.18. The van der Waals surface area contributed by atoms with Gasteiger partial charge >= 0.3 is 12.9 Å². The van der Waals surface area contributed by atoms with Crippen LogP contribution in [0.3, 0.4) is 0 Å². The van der Waals surface area contributed by atoms with Crippen LogP contribution in [0.2, 0.25) is 0 Å². The Balaban J connectivity index is 0.000000214. The van der Waals surface area contributed by atoms with Crippen LogP contribution in [0.15, 0.2) is 118 Å². The number of carbonyl (C=O) groups excluding carboxylic acids is 1. The van der Waals surface area contributed by atoms with Crippen LogP contribution in [0.25, 0.3) is 22.9 Å². The highest BCUT2D eigenvalue weighted by atomic mass is 32.2. The van der Waals surface area contributed by atoms with Gasteiger partial charge in [-0.3, -0.25) is 28.3 Å². The fraction of sp³-hybridized carbons (Fsp3) is 0.256. The summed E-state index contributed by atoms with van der Waals surface area (Å²) in [6, 6.07) is 22.8. The SMILES string of the molecule is C=CS(=O)(=O)N(Cc1ccc(-c2nnc(C(F)F)o2)cn1)c1ccccc1.NC(=O)[C@H]1CCCN1CCS(=O)(=O)N(Cc1ccc(-c2nnc(C(F)F)o2)cn1)c1ccccc1. The Bertz CT molecular complexity index is 2640. The van der Waals surface area contributed by atoms with Crippen molar-refractivity contribution in [3.8, 4) is 22.9 Å². The number of rotatable bonds is 17. The van der Waals surface area contributed by atoms with Gasteiger partial charge in [-0.2, -0.15) is 17.6 Å². The largest absolute Gasteiger partial charge is 0.415 e. The number of amides is 1. The van der Waals surface area contributed by atoms with Gasteiger partial charge in [0.05, 0.1) is 58.8 Å². The molecular weight excluding hydrogens is 861 g/mol. The number of sulfonamides is 2. The monoisotopic (exact) mass is 898 g/mol. The summed E-state index contributed by atoms with van der Waals surface area (Å²) in [4.78, 5) is 21.9. The van der Waals surface area contributed by atoms with Gasteiger partial charge in [0.25, 0.3) is 21.8 Å². The minimum atomic E-state index is -3.80. The number of benzene rings is 2. The van der Waals surface area contributed by atoms with Crippen molar-refractivity contribution in [2.45, 2.75) is 44.8 Å². The van der Waals surface area contributed by atoms with Gasteiger partial charge in [-0.15, -0.1) is 20.4 Å². The van der Waals surface area contributed by atoms with Crippen LogP contribution in [0, 0.1) is 0 Å². The van der Waals surface area contributed by atoms with Gasteiger partial charge in [0, 0.05) is 24.3 Å². The second-order valence-corrected chi connectivity index (χ2v) is 17.2. The Morgan fingerprint density at radius 3 is 1.66 bits per heavy atom. The third-order valence-corrected chi connectivity index (χ3v) is 12.4. The quantitative estimate of drug-likeness (QED) is 0.105. The number of aromatic nitrogens is 6. The van der Waals surface area contributed by atoms with E-state index in [9.17, 15) is 39.2 Å². The first kappa shape index (κ1) is 44.9. The smallest absolute Gasteiger partial charge is 0.314 e. The molecular formula is C39H38F4N10O7S2. The standard InChI is InChI=1S/C22H24F2N6O4S.C17H14F2N4O3S/c23-19(24)22-28-27-21(34-22)15-8-9-16(26-13-15)14-30(17-5-2-1-3-6-17)35(32,33)12-11-29-10-4-7-18(29)20(25)31;1-2-27(24,25)23(14-6-4-3-5-7-14)11-13-9-8-12(10-20-13)16-21-22-17(26-16)15(18)19/h1-3,5-6,8-9,13,18-19H,4,7,10-12,14H2,(H2,25,31);2-10,15H,1,11H2/t18-;/m1./s1. The second kappa shape index (κ2) is 19.9. The van der Waals surface area contributed by atoms with Crippen LogP contribution < -0.4 is 14.3 Å². The number of hydrogen-bond acceptors (Lipinski definition) is 14. The molecule has 1 saturated heterocycles. The highest BCUT2D eigenvalue weighted by molar-refractivity contribution is 7.95. The normalized spacial score (nSPS) is 14.4. The van der Waals surface area contributed by atoms with Crippen molar-refractivity contribution >= 4 is 37.3 Å². The topological polar surface area (TPSA) is 225 Å². The number of carbonyl (C=O) groups is 1. The maximum absolute atomic E-state index is 13.4. The van der Waals surface area contributed by atoms with Gasteiger partial charge in [0.1, 0.15) is 0 Å².